The van der Waals surface area contributed by atoms with Gasteiger partial charge in [-0.05, 0) is 19.1 Å². The Kier molecular flexibility index (Phi) is 5.63. The number of hydrogen-bond acceptors (Lipinski definition) is 5. The van der Waals surface area contributed by atoms with E-state index in [4.69, 9.17) is 0 Å². The van der Waals surface area contributed by atoms with Crippen molar-refractivity contribution in [2.24, 2.45) is 0 Å². The summed E-state index contributed by atoms with van der Waals surface area (Å²) in [7, 11) is 0.472. The van der Waals surface area contributed by atoms with E-state index < -0.39 is 15.7 Å². The summed E-state index contributed by atoms with van der Waals surface area (Å²) in [6.07, 6.45) is 1.56. The second-order valence-electron chi connectivity index (χ2n) is 4.35. The molecule has 0 spiro atoms. The maximum Gasteiger partial charge on any atom is 0.292 e. The second-order valence-corrected chi connectivity index (χ2v) is 5.83. The fraction of sp³-hybridized carbons (Fsp3) is 0.417. The molecule has 1 amide bonds. The lowest BCUT2D eigenvalue weighted by Gasteiger charge is -2.14. The molecule has 20 heavy (non-hydrogen) atoms. The number of nitrogens with one attached hydrogen (secondary N) is 2. The largest absolute Gasteiger partial charge is 0.376 e. The molecule has 0 aliphatic heterocycles. The van der Waals surface area contributed by atoms with Crippen molar-refractivity contribution in [1.29, 1.82) is 0 Å². The van der Waals surface area contributed by atoms with Crippen LogP contribution in [0.2, 0.25) is 0 Å². The molecule has 0 aliphatic carbocycles. The highest BCUT2D eigenvalue weighted by Crippen LogP contribution is 2.26. The van der Waals surface area contributed by atoms with Gasteiger partial charge < -0.3 is 10.6 Å². The molecule has 1 aromatic carbocycles. The van der Waals surface area contributed by atoms with E-state index in [1.165, 1.54) is 25.2 Å². The first-order valence-electron chi connectivity index (χ1n) is 5.92. The lowest BCUT2D eigenvalue weighted by molar-refractivity contribution is -0.384. The molecule has 1 rings (SSSR count). The Labute approximate surface area is 119 Å². The van der Waals surface area contributed by atoms with E-state index in [1.807, 2.05) is 0 Å². The van der Waals surface area contributed by atoms with Gasteiger partial charge in [-0.1, -0.05) is 0 Å². The van der Waals surface area contributed by atoms with Gasteiger partial charge in [-0.3, -0.25) is 19.1 Å². The van der Waals surface area contributed by atoms with Crippen LogP contribution in [-0.2, 0) is 10.8 Å². The van der Waals surface area contributed by atoms with E-state index in [0.717, 1.165) is 0 Å². The first-order chi connectivity index (χ1) is 9.35. The zero-order valence-electron chi connectivity index (χ0n) is 11.5. The first-order valence-corrected chi connectivity index (χ1v) is 7.65. The summed E-state index contributed by atoms with van der Waals surface area (Å²) in [4.78, 5) is 22.0. The number of carbonyl (C=O) groups is 1. The highest BCUT2D eigenvalue weighted by molar-refractivity contribution is 7.84. The standard InChI is InChI=1S/C12H17N3O4S/c1-8(7-20(3)19)14-10-6-9(12(16)13-2)4-5-11(10)15(17)18/h4-6,8,14H,7H2,1-3H3,(H,13,16). The molecular formula is C12H17N3O4S. The topological polar surface area (TPSA) is 101 Å². The second kappa shape index (κ2) is 6.99. The summed E-state index contributed by atoms with van der Waals surface area (Å²) in [5.74, 6) is 0.0381. The summed E-state index contributed by atoms with van der Waals surface area (Å²) in [6.45, 7) is 1.78. The van der Waals surface area contributed by atoms with Gasteiger partial charge >= 0.3 is 0 Å². The molecule has 110 valence electrons. The van der Waals surface area contributed by atoms with Crippen molar-refractivity contribution < 1.29 is 13.9 Å². The Hall–Kier alpha value is -1.96. The van der Waals surface area contributed by atoms with Gasteiger partial charge in [0.1, 0.15) is 5.69 Å². The average Bonchev–Trinajstić information content (AvgIpc) is 2.36. The van der Waals surface area contributed by atoms with Crippen LogP contribution in [0.4, 0.5) is 11.4 Å². The molecule has 1 aromatic rings. The lowest BCUT2D eigenvalue weighted by Crippen LogP contribution is -2.23. The average molecular weight is 299 g/mol. The third kappa shape index (κ3) is 4.30. The Morgan fingerprint density at radius 1 is 1.50 bits per heavy atom. The molecule has 2 atom stereocenters. The van der Waals surface area contributed by atoms with Gasteiger partial charge in [0.05, 0.1) is 4.92 Å². The Bertz CT molecular complexity index is 548. The van der Waals surface area contributed by atoms with Crippen LogP contribution < -0.4 is 10.6 Å². The number of carbonyl (C=O) groups excluding carboxylic acids is 1. The van der Waals surface area contributed by atoms with Crippen molar-refractivity contribution in [1.82, 2.24) is 5.32 Å². The Morgan fingerprint density at radius 2 is 2.15 bits per heavy atom. The molecule has 0 saturated carbocycles. The van der Waals surface area contributed by atoms with Crippen LogP contribution in [0.5, 0.6) is 0 Å². The Balaban J connectivity index is 3.08. The number of benzene rings is 1. The normalized spacial score (nSPS) is 13.3. The molecular weight excluding hydrogens is 282 g/mol. The number of nitro groups is 1. The van der Waals surface area contributed by atoms with Crippen molar-refractivity contribution in [2.75, 3.05) is 24.4 Å². The fourth-order valence-corrected chi connectivity index (χ4v) is 2.54. The smallest absolute Gasteiger partial charge is 0.292 e. The van der Waals surface area contributed by atoms with E-state index in [1.54, 1.807) is 13.2 Å². The quantitative estimate of drug-likeness (QED) is 0.605. The number of nitrogens with zero attached hydrogens (tertiary/aromatic N) is 1. The summed E-state index contributed by atoms with van der Waals surface area (Å²) < 4.78 is 11.2. The van der Waals surface area contributed by atoms with E-state index in [-0.39, 0.29) is 23.3 Å². The van der Waals surface area contributed by atoms with Crippen molar-refractivity contribution in [2.45, 2.75) is 13.0 Å². The van der Waals surface area contributed by atoms with Crippen molar-refractivity contribution in [3.8, 4) is 0 Å². The van der Waals surface area contributed by atoms with Crippen LogP contribution in [0, 0.1) is 10.1 Å². The number of anilines is 1. The first kappa shape index (κ1) is 16.1. The summed E-state index contributed by atoms with van der Waals surface area (Å²) in [5, 5.41) is 16.4. The van der Waals surface area contributed by atoms with Crippen LogP contribution in [-0.4, -0.2) is 40.1 Å². The van der Waals surface area contributed by atoms with Gasteiger partial charge in [-0.25, -0.2) is 0 Å². The van der Waals surface area contributed by atoms with Gasteiger partial charge in [0.15, 0.2) is 0 Å². The van der Waals surface area contributed by atoms with E-state index in [0.29, 0.717) is 11.3 Å². The zero-order chi connectivity index (χ0) is 15.3. The molecule has 0 heterocycles. The molecule has 0 aliphatic rings. The van der Waals surface area contributed by atoms with Crippen LogP contribution in [0.15, 0.2) is 18.2 Å². The molecule has 0 bridgehead atoms. The van der Waals surface area contributed by atoms with Crippen LogP contribution in [0.1, 0.15) is 17.3 Å². The highest BCUT2D eigenvalue weighted by atomic mass is 32.2. The van der Waals surface area contributed by atoms with Gasteiger partial charge in [-0.15, -0.1) is 0 Å². The zero-order valence-corrected chi connectivity index (χ0v) is 12.3. The predicted octanol–water partition coefficient (Wildman–Crippen LogP) is 1.13. The van der Waals surface area contributed by atoms with Crippen molar-refractivity contribution in [3.05, 3.63) is 33.9 Å². The molecule has 8 heteroatoms. The minimum atomic E-state index is -1.01. The van der Waals surface area contributed by atoms with E-state index in [9.17, 15) is 19.1 Å². The summed E-state index contributed by atoms with van der Waals surface area (Å²) >= 11 is 0. The van der Waals surface area contributed by atoms with Gasteiger partial charge in [0, 0.05) is 47.5 Å². The molecule has 0 aromatic heterocycles. The van der Waals surface area contributed by atoms with Crippen LogP contribution >= 0.6 is 0 Å². The predicted molar refractivity (Wildman–Crippen MR) is 78.5 cm³/mol. The maximum absolute atomic E-state index is 11.6. The van der Waals surface area contributed by atoms with Crippen LogP contribution in [0.25, 0.3) is 0 Å². The third-order valence-electron chi connectivity index (χ3n) is 2.57. The van der Waals surface area contributed by atoms with Gasteiger partial charge in [0.2, 0.25) is 0 Å². The summed E-state index contributed by atoms with van der Waals surface area (Å²) in [6, 6.07) is 3.89. The molecule has 2 unspecified atom stereocenters. The number of hydrogen-bond donors (Lipinski definition) is 2. The fourth-order valence-electron chi connectivity index (χ4n) is 1.76. The van der Waals surface area contributed by atoms with E-state index in [2.05, 4.69) is 10.6 Å². The SMILES string of the molecule is CNC(=O)c1ccc([N+](=O)[O-])c(NC(C)CS(C)=O)c1. The minimum absolute atomic E-state index is 0.119. The summed E-state index contributed by atoms with van der Waals surface area (Å²) in [5.41, 5.74) is 0.450. The van der Waals surface area contributed by atoms with E-state index >= 15 is 0 Å². The number of nitro benzene ring substituents is 1. The number of amides is 1. The lowest BCUT2D eigenvalue weighted by atomic mass is 10.1. The van der Waals surface area contributed by atoms with Gasteiger partial charge in [0.25, 0.3) is 11.6 Å². The van der Waals surface area contributed by atoms with Crippen molar-refractivity contribution >= 4 is 28.1 Å². The maximum atomic E-state index is 11.6. The molecule has 2 N–H and O–H groups in total. The molecule has 0 saturated heterocycles. The Morgan fingerprint density at radius 3 is 2.65 bits per heavy atom. The number of rotatable bonds is 6. The van der Waals surface area contributed by atoms with Gasteiger partial charge in [-0.2, -0.15) is 0 Å². The highest BCUT2D eigenvalue weighted by Gasteiger charge is 2.18. The third-order valence-corrected chi connectivity index (χ3v) is 3.54. The molecule has 7 nitrogen and oxygen atoms in total. The molecule has 0 fully saturated rings. The van der Waals surface area contributed by atoms with Crippen LogP contribution in [0.3, 0.4) is 0 Å². The minimum Gasteiger partial charge on any atom is -0.376 e. The van der Waals surface area contributed by atoms with Crippen molar-refractivity contribution in [3.63, 3.8) is 0 Å². The molecule has 0 radical (unpaired) electrons. The monoisotopic (exact) mass is 299 g/mol.